The van der Waals surface area contributed by atoms with E-state index in [0.717, 1.165) is 4.88 Å². The molecule has 2 nitrogen and oxygen atoms in total. The van der Waals surface area contributed by atoms with Gasteiger partial charge in [0.2, 0.25) is 5.91 Å². The standard InChI is InChI=1S/C11H13NOS/c1-2-3-4-7-11(13)12-9-10-6-5-8-14-10/h2-8H,9H2,1H3,(H,12,13)/b3-2+,7-4+. The maximum Gasteiger partial charge on any atom is 0.244 e. The van der Waals surface area contributed by atoms with E-state index >= 15 is 0 Å². The van der Waals surface area contributed by atoms with Gasteiger partial charge < -0.3 is 5.32 Å². The molecule has 1 rings (SSSR count). The predicted molar refractivity (Wildman–Crippen MR) is 60.1 cm³/mol. The van der Waals surface area contributed by atoms with Crippen LogP contribution in [-0.2, 0) is 11.3 Å². The lowest BCUT2D eigenvalue weighted by Gasteiger charge is -1.97. The van der Waals surface area contributed by atoms with Crippen LogP contribution in [-0.4, -0.2) is 5.91 Å². The van der Waals surface area contributed by atoms with Crippen LogP contribution in [0.15, 0.2) is 41.8 Å². The summed E-state index contributed by atoms with van der Waals surface area (Å²) >= 11 is 1.64. The van der Waals surface area contributed by atoms with E-state index in [1.54, 1.807) is 17.4 Å². The number of thiophene rings is 1. The molecule has 0 saturated heterocycles. The highest BCUT2D eigenvalue weighted by atomic mass is 32.1. The fourth-order valence-electron chi connectivity index (χ4n) is 0.900. The molecule has 0 aliphatic carbocycles. The number of allylic oxidation sites excluding steroid dienone is 3. The van der Waals surface area contributed by atoms with Gasteiger partial charge in [-0.3, -0.25) is 4.79 Å². The van der Waals surface area contributed by atoms with Gasteiger partial charge in [-0.05, 0) is 18.4 Å². The Balaban J connectivity index is 2.28. The molecule has 1 aromatic heterocycles. The lowest BCUT2D eigenvalue weighted by molar-refractivity contribution is -0.116. The molecule has 0 aliphatic rings. The Kier molecular flexibility index (Phi) is 4.72. The van der Waals surface area contributed by atoms with E-state index < -0.39 is 0 Å². The van der Waals surface area contributed by atoms with Gasteiger partial charge in [0.25, 0.3) is 0 Å². The summed E-state index contributed by atoms with van der Waals surface area (Å²) < 4.78 is 0. The molecule has 0 radical (unpaired) electrons. The lowest BCUT2D eigenvalue weighted by atomic mass is 10.4. The molecule has 0 atom stereocenters. The van der Waals surface area contributed by atoms with Crippen LogP contribution in [0.3, 0.4) is 0 Å². The van der Waals surface area contributed by atoms with Crippen molar-refractivity contribution in [2.24, 2.45) is 0 Å². The summed E-state index contributed by atoms with van der Waals surface area (Å²) in [6, 6.07) is 3.97. The number of hydrogen-bond acceptors (Lipinski definition) is 2. The Morgan fingerprint density at radius 3 is 3.07 bits per heavy atom. The number of rotatable bonds is 4. The van der Waals surface area contributed by atoms with Crippen molar-refractivity contribution in [3.05, 3.63) is 46.7 Å². The van der Waals surface area contributed by atoms with Crippen molar-refractivity contribution >= 4 is 17.2 Å². The summed E-state index contributed by atoms with van der Waals surface area (Å²) in [5.74, 6) is -0.0588. The van der Waals surface area contributed by atoms with Crippen molar-refractivity contribution in [2.45, 2.75) is 13.5 Å². The zero-order valence-corrected chi connectivity index (χ0v) is 8.88. The Labute approximate surface area is 88.0 Å². The number of carbonyl (C=O) groups is 1. The van der Waals surface area contributed by atoms with Gasteiger partial charge in [0.1, 0.15) is 0 Å². The molecule has 0 aromatic carbocycles. The second-order valence-electron chi connectivity index (χ2n) is 2.68. The molecule has 0 saturated carbocycles. The first kappa shape index (κ1) is 10.7. The van der Waals surface area contributed by atoms with Crippen molar-refractivity contribution in [3.63, 3.8) is 0 Å². The molecular weight excluding hydrogens is 194 g/mol. The number of hydrogen-bond donors (Lipinski definition) is 1. The molecule has 1 amide bonds. The van der Waals surface area contributed by atoms with E-state index in [1.807, 2.05) is 36.6 Å². The van der Waals surface area contributed by atoms with E-state index in [0.29, 0.717) is 6.54 Å². The summed E-state index contributed by atoms with van der Waals surface area (Å²) in [5.41, 5.74) is 0. The smallest absolute Gasteiger partial charge is 0.244 e. The van der Waals surface area contributed by atoms with Crippen LogP contribution in [0.25, 0.3) is 0 Å². The maximum atomic E-state index is 11.2. The lowest BCUT2D eigenvalue weighted by Crippen LogP contribution is -2.19. The molecule has 1 N–H and O–H groups in total. The normalized spacial score (nSPS) is 11.2. The summed E-state index contributed by atoms with van der Waals surface area (Å²) in [6.07, 6.45) is 6.95. The molecule has 1 heterocycles. The van der Waals surface area contributed by atoms with E-state index in [1.165, 1.54) is 6.08 Å². The molecule has 14 heavy (non-hydrogen) atoms. The SMILES string of the molecule is C/C=C/C=C/C(=O)NCc1cccs1. The molecule has 0 bridgehead atoms. The fourth-order valence-corrected chi connectivity index (χ4v) is 1.54. The molecular formula is C11H13NOS. The zero-order valence-electron chi connectivity index (χ0n) is 8.07. The summed E-state index contributed by atoms with van der Waals surface area (Å²) in [6.45, 7) is 2.52. The first-order valence-electron chi connectivity index (χ1n) is 4.42. The molecule has 0 aliphatic heterocycles. The second-order valence-corrected chi connectivity index (χ2v) is 3.71. The minimum absolute atomic E-state index is 0.0588. The fraction of sp³-hybridized carbons (Fsp3) is 0.182. The average Bonchev–Trinajstić information content (AvgIpc) is 2.68. The van der Waals surface area contributed by atoms with Crippen LogP contribution in [0.5, 0.6) is 0 Å². The minimum Gasteiger partial charge on any atom is -0.348 e. The van der Waals surface area contributed by atoms with Crippen molar-refractivity contribution in [3.8, 4) is 0 Å². The summed E-state index contributed by atoms with van der Waals surface area (Å²) in [5, 5.41) is 4.79. The van der Waals surface area contributed by atoms with Gasteiger partial charge in [-0.25, -0.2) is 0 Å². The van der Waals surface area contributed by atoms with Gasteiger partial charge in [0.15, 0.2) is 0 Å². The minimum atomic E-state index is -0.0588. The number of carbonyl (C=O) groups excluding carboxylic acids is 1. The van der Waals surface area contributed by atoms with Crippen molar-refractivity contribution < 1.29 is 4.79 Å². The molecule has 0 spiro atoms. The number of amides is 1. The van der Waals surface area contributed by atoms with Crippen LogP contribution >= 0.6 is 11.3 Å². The Morgan fingerprint density at radius 2 is 2.43 bits per heavy atom. The molecule has 0 fully saturated rings. The topological polar surface area (TPSA) is 29.1 Å². The van der Waals surface area contributed by atoms with Crippen LogP contribution < -0.4 is 5.32 Å². The first-order valence-corrected chi connectivity index (χ1v) is 5.30. The largest absolute Gasteiger partial charge is 0.348 e. The van der Waals surface area contributed by atoms with Crippen molar-refractivity contribution in [1.82, 2.24) is 5.32 Å². The van der Waals surface area contributed by atoms with E-state index in [2.05, 4.69) is 5.32 Å². The highest BCUT2D eigenvalue weighted by molar-refractivity contribution is 7.09. The van der Waals surface area contributed by atoms with Crippen LogP contribution in [0, 0.1) is 0 Å². The monoisotopic (exact) mass is 207 g/mol. The van der Waals surface area contributed by atoms with Gasteiger partial charge in [-0.15, -0.1) is 11.3 Å². The van der Waals surface area contributed by atoms with Gasteiger partial charge >= 0.3 is 0 Å². The Morgan fingerprint density at radius 1 is 1.57 bits per heavy atom. The van der Waals surface area contributed by atoms with E-state index in [-0.39, 0.29) is 5.91 Å². The second kappa shape index (κ2) is 6.16. The number of nitrogens with one attached hydrogen (secondary N) is 1. The predicted octanol–water partition coefficient (Wildman–Crippen LogP) is 2.50. The quantitative estimate of drug-likeness (QED) is 0.596. The highest BCUT2D eigenvalue weighted by Crippen LogP contribution is 2.06. The van der Waals surface area contributed by atoms with E-state index in [9.17, 15) is 4.79 Å². The van der Waals surface area contributed by atoms with Crippen molar-refractivity contribution in [1.29, 1.82) is 0 Å². The van der Waals surface area contributed by atoms with Gasteiger partial charge in [-0.1, -0.05) is 24.3 Å². The molecule has 74 valence electrons. The average molecular weight is 207 g/mol. The van der Waals surface area contributed by atoms with E-state index in [4.69, 9.17) is 0 Å². The third-order valence-corrected chi connectivity index (χ3v) is 2.44. The zero-order chi connectivity index (χ0) is 10.2. The molecule has 1 aromatic rings. The summed E-state index contributed by atoms with van der Waals surface area (Å²) in [4.78, 5) is 12.4. The molecule has 3 heteroatoms. The first-order chi connectivity index (χ1) is 6.83. The van der Waals surface area contributed by atoms with Crippen LogP contribution in [0.1, 0.15) is 11.8 Å². The van der Waals surface area contributed by atoms with Gasteiger partial charge in [0, 0.05) is 11.0 Å². The van der Waals surface area contributed by atoms with Crippen LogP contribution in [0.2, 0.25) is 0 Å². The van der Waals surface area contributed by atoms with Crippen LogP contribution in [0.4, 0.5) is 0 Å². The Bertz CT molecular complexity index is 325. The van der Waals surface area contributed by atoms with Crippen molar-refractivity contribution in [2.75, 3.05) is 0 Å². The molecule has 0 unspecified atom stereocenters. The third kappa shape index (κ3) is 4.05. The van der Waals surface area contributed by atoms with Gasteiger partial charge in [0.05, 0.1) is 6.54 Å². The highest BCUT2D eigenvalue weighted by Gasteiger charge is 1.95. The maximum absolute atomic E-state index is 11.2. The third-order valence-electron chi connectivity index (χ3n) is 1.57. The van der Waals surface area contributed by atoms with Gasteiger partial charge in [-0.2, -0.15) is 0 Å². The Hall–Kier alpha value is -1.35. The summed E-state index contributed by atoms with van der Waals surface area (Å²) in [7, 11) is 0.